The highest BCUT2D eigenvalue weighted by atomic mass is 35.5. The lowest BCUT2D eigenvalue weighted by Gasteiger charge is -2.09. The monoisotopic (exact) mass is 329 g/mol. The van der Waals surface area contributed by atoms with Gasteiger partial charge in [-0.2, -0.15) is 8.42 Å². The molecule has 0 bridgehead atoms. The summed E-state index contributed by atoms with van der Waals surface area (Å²) in [5.74, 6) is 0.347. The molecule has 0 spiro atoms. The summed E-state index contributed by atoms with van der Waals surface area (Å²) < 4.78 is 26.6. The number of imidazole rings is 1. The van der Waals surface area contributed by atoms with Crippen molar-refractivity contribution in [3.63, 3.8) is 0 Å². The van der Waals surface area contributed by atoms with E-state index in [0.717, 1.165) is 0 Å². The number of hydrogen-bond donors (Lipinski definition) is 4. The molecule has 2 aromatic rings. The Hall–Kier alpha value is -2.26. The molecule has 21 heavy (non-hydrogen) atoms. The summed E-state index contributed by atoms with van der Waals surface area (Å²) in [6, 6.07) is 4.26. The molecule has 0 atom stereocenters. The first-order chi connectivity index (χ1) is 9.83. The van der Waals surface area contributed by atoms with E-state index in [1.54, 1.807) is 6.92 Å². The molecule has 5 N–H and O–H groups in total. The van der Waals surface area contributed by atoms with E-state index in [4.69, 9.17) is 22.5 Å². The van der Waals surface area contributed by atoms with E-state index in [1.807, 2.05) is 0 Å². The van der Waals surface area contributed by atoms with E-state index < -0.39 is 10.0 Å². The van der Waals surface area contributed by atoms with Crippen LogP contribution in [0.3, 0.4) is 0 Å². The standard InChI is InChI=1S/C11H12ClN5O3S/c1-6-14-5-10(15-6)21(19,20)17-9-3-2-7(4-8(9)12)11(13)16-18/h2-5,17-18H,1H3,(H2,13,16)(H,14,15). The van der Waals surface area contributed by atoms with Gasteiger partial charge < -0.3 is 15.9 Å². The van der Waals surface area contributed by atoms with Gasteiger partial charge in [-0.05, 0) is 25.1 Å². The predicted molar refractivity (Wildman–Crippen MR) is 78.1 cm³/mol. The maximum Gasteiger partial charge on any atom is 0.279 e. The van der Waals surface area contributed by atoms with Crippen LogP contribution in [0.15, 0.2) is 34.6 Å². The second kappa shape index (κ2) is 5.62. The molecule has 0 amide bonds. The van der Waals surface area contributed by atoms with Crippen molar-refractivity contribution in [2.75, 3.05) is 4.72 Å². The summed E-state index contributed by atoms with van der Waals surface area (Å²) >= 11 is 5.98. The summed E-state index contributed by atoms with van der Waals surface area (Å²) in [5, 5.41) is 11.5. The molecular weight excluding hydrogens is 318 g/mol. The zero-order valence-electron chi connectivity index (χ0n) is 10.8. The van der Waals surface area contributed by atoms with E-state index in [1.165, 1.54) is 24.4 Å². The number of H-pyrrole nitrogens is 1. The predicted octanol–water partition coefficient (Wildman–Crippen LogP) is 1.27. The molecule has 112 valence electrons. The molecule has 0 aliphatic rings. The fourth-order valence-electron chi connectivity index (χ4n) is 1.55. The first-order valence-electron chi connectivity index (χ1n) is 5.65. The number of amidine groups is 1. The Balaban J connectivity index is 2.32. The van der Waals surface area contributed by atoms with Crippen LogP contribution in [0.2, 0.25) is 5.02 Å². The highest BCUT2D eigenvalue weighted by Gasteiger charge is 2.18. The molecule has 0 saturated carbocycles. The molecule has 1 aromatic carbocycles. The topological polar surface area (TPSA) is 133 Å². The van der Waals surface area contributed by atoms with Crippen LogP contribution < -0.4 is 10.5 Å². The molecule has 0 aliphatic carbocycles. The van der Waals surface area contributed by atoms with Gasteiger partial charge in [-0.15, -0.1) is 0 Å². The van der Waals surface area contributed by atoms with E-state index >= 15 is 0 Å². The Morgan fingerprint density at radius 3 is 2.76 bits per heavy atom. The van der Waals surface area contributed by atoms with E-state index in [0.29, 0.717) is 11.4 Å². The minimum absolute atomic E-state index is 0.0726. The average Bonchev–Trinajstić information content (AvgIpc) is 2.87. The Morgan fingerprint density at radius 2 is 2.24 bits per heavy atom. The summed E-state index contributed by atoms with van der Waals surface area (Å²) in [4.78, 5) is 6.45. The normalized spacial score (nSPS) is 12.4. The highest BCUT2D eigenvalue weighted by Crippen LogP contribution is 2.25. The van der Waals surface area contributed by atoms with Gasteiger partial charge in [-0.25, -0.2) is 4.98 Å². The number of hydrogen-bond acceptors (Lipinski definition) is 5. The molecule has 10 heteroatoms. The number of anilines is 1. The molecule has 0 unspecified atom stereocenters. The van der Waals surface area contributed by atoms with Crippen molar-refractivity contribution in [3.8, 4) is 0 Å². The molecule has 0 fully saturated rings. The number of benzene rings is 1. The van der Waals surface area contributed by atoms with Crippen LogP contribution in [0.5, 0.6) is 0 Å². The number of halogens is 1. The third kappa shape index (κ3) is 3.26. The molecule has 0 saturated heterocycles. The number of aryl methyl sites for hydroxylation is 1. The third-order valence-electron chi connectivity index (χ3n) is 2.59. The Bertz CT molecular complexity index is 800. The minimum Gasteiger partial charge on any atom is -0.409 e. The lowest BCUT2D eigenvalue weighted by molar-refractivity contribution is 0.318. The van der Waals surface area contributed by atoms with Crippen molar-refractivity contribution in [2.45, 2.75) is 11.9 Å². The van der Waals surface area contributed by atoms with Crippen molar-refractivity contribution < 1.29 is 13.6 Å². The lowest BCUT2D eigenvalue weighted by atomic mass is 10.2. The van der Waals surface area contributed by atoms with E-state index in [2.05, 4.69) is 19.8 Å². The van der Waals surface area contributed by atoms with Crippen LogP contribution in [-0.4, -0.2) is 29.4 Å². The number of sulfonamides is 1. The number of oxime groups is 1. The summed E-state index contributed by atoms with van der Waals surface area (Å²) in [6.07, 6.45) is 1.20. The molecule has 8 nitrogen and oxygen atoms in total. The Labute approximate surface area is 125 Å². The SMILES string of the molecule is Cc1ncc(S(=O)(=O)Nc2ccc(/C(N)=N/O)cc2Cl)[nH]1. The summed E-state index contributed by atoms with van der Waals surface area (Å²) in [7, 11) is -3.82. The zero-order chi connectivity index (χ0) is 15.6. The zero-order valence-corrected chi connectivity index (χ0v) is 12.4. The number of nitrogens with zero attached hydrogens (tertiary/aromatic N) is 2. The molecule has 0 radical (unpaired) electrons. The van der Waals surface area contributed by atoms with Crippen LogP contribution in [0.1, 0.15) is 11.4 Å². The molecule has 0 aliphatic heterocycles. The van der Waals surface area contributed by atoms with Crippen LogP contribution in [-0.2, 0) is 10.0 Å². The van der Waals surface area contributed by atoms with Crippen molar-refractivity contribution in [1.29, 1.82) is 0 Å². The number of aromatic amines is 1. The van der Waals surface area contributed by atoms with Crippen LogP contribution in [0.25, 0.3) is 0 Å². The first kappa shape index (κ1) is 15.1. The second-order valence-corrected chi connectivity index (χ2v) is 6.18. The van der Waals surface area contributed by atoms with Gasteiger partial charge in [0.25, 0.3) is 10.0 Å². The molecule has 1 heterocycles. The highest BCUT2D eigenvalue weighted by molar-refractivity contribution is 7.92. The van der Waals surface area contributed by atoms with Crippen LogP contribution >= 0.6 is 11.6 Å². The maximum absolute atomic E-state index is 12.1. The quantitative estimate of drug-likeness (QED) is 0.290. The van der Waals surface area contributed by atoms with Crippen molar-refractivity contribution >= 4 is 33.1 Å². The fourth-order valence-corrected chi connectivity index (χ4v) is 2.88. The number of nitrogens with two attached hydrogens (primary N) is 1. The summed E-state index contributed by atoms with van der Waals surface area (Å²) in [6.45, 7) is 1.64. The smallest absolute Gasteiger partial charge is 0.279 e. The number of rotatable bonds is 4. The van der Waals surface area contributed by atoms with Gasteiger partial charge in [0.2, 0.25) is 0 Å². The third-order valence-corrected chi connectivity index (χ3v) is 4.17. The van der Waals surface area contributed by atoms with Crippen LogP contribution in [0, 0.1) is 6.92 Å². The minimum atomic E-state index is -3.82. The largest absolute Gasteiger partial charge is 0.409 e. The van der Waals surface area contributed by atoms with Gasteiger partial charge in [-0.3, -0.25) is 4.72 Å². The van der Waals surface area contributed by atoms with Gasteiger partial charge in [0, 0.05) is 5.56 Å². The second-order valence-electron chi connectivity index (χ2n) is 4.12. The molecule has 1 aromatic heterocycles. The van der Waals surface area contributed by atoms with Crippen LogP contribution in [0.4, 0.5) is 5.69 Å². The van der Waals surface area contributed by atoms with Crippen molar-refractivity contribution in [3.05, 3.63) is 40.8 Å². The Kier molecular flexibility index (Phi) is 4.05. The van der Waals surface area contributed by atoms with Gasteiger partial charge in [0.15, 0.2) is 10.9 Å². The lowest BCUT2D eigenvalue weighted by Crippen LogP contribution is -2.15. The molecule has 2 rings (SSSR count). The number of nitrogens with one attached hydrogen (secondary N) is 2. The summed E-state index contributed by atoms with van der Waals surface area (Å²) in [5.41, 5.74) is 5.95. The molecular formula is C11H12ClN5O3S. The van der Waals surface area contributed by atoms with Crippen molar-refractivity contribution in [1.82, 2.24) is 9.97 Å². The van der Waals surface area contributed by atoms with Gasteiger partial charge >= 0.3 is 0 Å². The van der Waals surface area contributed by atoms with Gasteiger partial charge in [0.1, 0.15) is 5.82 Å². The fraction of sp³-hybridized carbons (Fsp3) is 0.0909. The average molecular weight is 330 g/mol. The Morgan fingerprint density at radius 1 is 1.52 bits per heavy atom. The van der Waals surface area contributed by atoms with E-state index in [9.17, 15) is 8.42 Å². The first-order valence-corrected chi connectivity index (χ1v) is 7.51. The number of aromatic nitrogens is 2. The van der Waals surface area contributed by atoms with Gasteiger partial charge in [0.05, 0.1) is 16.9 Å². The van der Waals surface area contributed by atoms with E-state index in [-0.39, 0.29) is 21.6 Å². The van der Waals surface area contributed by atoms with Gasteiger partial charge in [-0.1, -0.05) is 16.8 Å². The van der Waals surface area contributed by atoms with Crippen molar-refractivity contribution in [2.24, 2.45) is 10.9 Å². The maximum atomic E-state index is 12.1.